The van der Waals surface area contributed by atoms with Crippen molar-refractivity contribution in [3.05, 3.63) is 32.8 Å². The average molecular weight is 309 g/mol. The van der Waals surface area contributed by atoms with Crippen molar-refractivity contribution in [3.8, 4) is 5.75 Å². The fourth-order valence-corrected chi connectivity index (χ4v) is 1.57. The first-order valence-electron chi connectivity index (χ1n) is 4.66. The van der Waals surface area contributed by atoms with Gasteiger partial charge in [-0.2, -0.15) is 0 Å². The van der Waals surface area contributed by atoms with Gasteiger partial charge in [-0.15, -0.1) is 11.6 Å². The summed E-state index contributed by atoms with van der Waals surface area (Å²) in [7, 11) is 0. The van der Waals surface area contributed by atoms with Gasteiger partial charge in [0.15, 0.2) is 0 Å². The third-order valence-electron chi connectivity index (χ3n) is 1.86. The van der Waals surface area contributed by atoms with Gasteiger partial charge in [0.05, 0.1) is 17.6 Å². The smallest absolute Gasteiger partial charge is 0.274 e. The zero-order valence-electron chi connectivity index (χ0n) is 8.65. The number of rotatable bonds is 5. The Morgan fingerprint density at radius 2 is 2.25 bits per heavy atom. The highest BCUT2D eigenvalue weighted by Crippen LogP contribution is 2.26. The van der Waals surface area contributed by atoms with Crippen LogP contribution in [0.4, 0.5) is 5.69 Å². The van der Waals surface area contributed by atoms with Crippen LogP contribution in [0.5, 0.6) is 5.75 Å². The maximum atomic E-state index is 10.6. The number of alkyl halides is 1. The van der Waals surface area contributed by atoms with E-state index in [1.165, 1.54) is 12.1 Å². The van der Waals surface area contributed by atoms with E-state index in [4.69, 9.17) is 16.3 Å². The molecule has 0 aliphatic heterocycles. The Morgan fingerprint density at radius 3 is 2.81 bits per heavy atom. The number of ether oxygens (including phenoxy) is 1. The highest BCUT2D eigenvalue weighted by atomic mass is 79.9. The molecule has 88 valence electrons. The predicted octanol–water partition coefficient (Wildman–Crippen LogP) is 3.61. The van der Waals surface area contributed by atoms with Crippen LogP contribution < -0.4 is 4.74 Å². The van der Waals surface area contributed by atoms with Crippen molar-refractivity contribution in [1.82, 2.24) is 0 Å². The van der Waals surface area contributed by atoms with E-state index in [-0.39, 0.29) is 11.6 Å². The van der Waals surface area contributed by atoms with Crippen molar-refractivity contribution in [2.45, 2.75) is 6.92 Å². The van der Waals surface area contributed by atoms with Gasteiger partial charge in [-0.05, 0) is 6.07 Å². The maximum absolute atomic E-state index is 10.6. The van der Waals surface area contributed by atoms with Crippen LogP contribution in [0.2, 0.25) is 0 Å². The Kier molecular flexibility index (Phi) is 5.02. The average Bonchev–Trinajstić information content (AvgIpc) is 2.25. The second-order valence-electron chi connectivity index (χ2n) is 3.47. The molecule has 0 amide bonds. The Hall–Kier alpha value is -0.810. The van der Waals surface area contributed by atoms with Gasteiger partial charge in [-0.1, -0.05) is 22.9 Å². The van der Waals surface area contributed by atoms with E-state index in [9.17, 15) is 10.1 Å². The van der Waals surface area contributed by atoms with E-state index in [1.807, 2.05) is 6.92 Å². The molecule has 0 aliphatic rings. The first-order valence-corrected chi connectivity index (χ1v) is 5.99. The number of halogens is 2. The van der Waals surface area contributed by atoms with E-state index < -0.39 is 4.92 Å². The first-order chi connectivity index (χ1) is 7.52. The van der Waals surface area contributed by atoms with Gasteiger partial charge in [0.1, 0.15) is 5.75 Å². The summed E-state index contributed by atoms with van der Waals surface area (Å²) in [6, 6.07) is 4.51. The Balaban J connectivity index is 2.76. The summed E-state index contributed by atoms with van der Waals surface area (Å²) in [6.07, 6.45) is 0. The number of benzene rings is 1. The van der Waals surface area contributed by atoms with E-state index in [2.05, 4.69) is 15.9 Å². The van der Waals surface area contributed by atoms with Crippen molar-refractivity contribution in [1.29, 1.82) is 0 Å². The van der Waals surface area contributed by atoms with Gasteiger partial charge in [0.2, 0.25) is 0 Å². The topological polar surface area (TPSA) is 52.4 Å². The molecule has 1 aromatic carbocycles. The molecule has 0 N–H and O–H groups in total. The van der Waals surface area contributed by atoms with Gasteiger partial charge in [0, 0.05) is 22.3 Å². The zero-order chi connectivity index (χ0) is 12.1. The van der Waals surface area contributed by atoms with Crippen LogP contribution in [-0.4, -0.2) is 17.4 Å². The molecule has 1 rings (SSSR count). The standard InChI is InChI=1S/C10H11BrClNO3/c1-7(5-12)6-16-10-3-8(11)2-9(4-10)13(14)15/h2-4,7H,5-6H2,1H3. The fraction of sp³-hybridized carbons (Fsp3) is 0.400. The molecule has 0 aliphatic carbocycles. The van der Waals surface area contributed by atoms with Crippen molar-refractivity contribution in [2.75, 3.05) is 12.5 Å². The molecule has 0 spiro atoms. The fourth-order valence-electron chi connectivity index (χ4n) is 1.02. The lowest BCUT2D eigenvalue weighted by Gasteiger charge is -2.10. The predicted molar refractivity (Wildman–Crippen MR) is 66.2 cm³/mol. The minimum Gasteiger partial charge on any atom is -0.493 e. The molecule has 1 aromatic rings. The lowest BCUT2D eigenvalue weighted by molar-refractivity contribution is -0.385. The van der Waals surface area contributed by atoms with E-state index in [1.54, 1.807) is 6.07 Å². The highest BCUT2D eigenvalue weighted by Gasteiger charge is 2.10. The minimum absolute atomic E-state index is 0.00269. The summed E-state index contributed by atoms with van der Waals surface area (Å²) in [4.78, 5) is 10.2. The monoisotopic (exact) mass is 307 g/mol. The molecule has 0 heterocycles. The number of hydrogen-bond acceptors (Lipinski definition) is 3. The van der Waals surface area contributed by atoms with E-state index >= 15 is 0 Å². The third-order valence-corrected chi connectivity index (χ3v) is 2.85. The van der Waals surface area contributed by atoms with Crippen LogP contribution in [0.15, 0.2) is 22.7 Å². The zero-order valence-corrected chi connectivity index (χ0v) is 11.0. The summed E-state index contributed by atoms with van der Waals surface area (Å²) in [5.41, 5.74) is 0.00269. The van der Waals surface area contributed by atoms with Crippen LogP contribution >= 0.6 is 27.5 Å². The van der Waals surface area contributed by atoms with Crippen LogP contribution in [-0.2, 0) is 0 Å². The summed E-state index contributed by atoms with van der Waals surface area (Å²) in [5.74, 6) is 1.17. The summed E-state index contributed by atoms with van der Waals surface area (Å²) in [6.45, 7) is 2.39. The number of nitro groups is 1. The van der Waals surface area contributed by atoms with Crippen LogP contribution in [0.25, 0.3) is 0 Å². The summed E-state index contributed by atoms with van der Waals surface area (Å²) >= 11 is 8.83. The molecule has 16 heavy (non-hydrogen) atoms. The van der Waals surface area contributed by atoms with Crippen molar-refractivity contribution < 1.29 is 9.66 Å². The van der Waals surface area contributed by atoms with Crippen molar-refractivity contribution >= 4 is 33.2 Å². The van der Waals surface area contributed by atoms with Gasteiger partial charge >= 0.3 is 0 Å². The summed E-state index contributed by atoms with van der Waals surface area (Å²) in [5, 5.41) is 10.6. The highest BCUT2D eigenvalue weighted by molar-refractivity contribution is 9.10. The van der Waals surface area contributed by atoms with Gasteiger partial charge in [0.25, 0.3) is 5.69 Å². The molecule has 0 aromatic heterocycles. The Morgan fingerprint density at radius 1 is 1.56 bits per heavy atom. The lowest BCUT2D eigenvalue weighted by Crippen LogP contribution is -2.09. The second kappa shape index (κ2) is 6.06. The van der Waals surface area contributed by atoms with Gasteiger partial charge in [-0.25, -0.2) is 0 Å². The van der Waals surface area contributed by atoms with E-state index in [0.29, 0.717) is 22.7 Å². The molecule has 0 saturated carbocycles. The Bertz CT molecular complexity index is 386. The van der Waals surface area contributed by atoms with Crippen LogP contribution in [0.1, 0.15) is 6.92 Å². The summed E-state index contributed by atoms with van der Waals surface area (Å²) < 4.78 is 6.03. The van der Waals surface area contributed by atoms with Crippen molar-refractivity contribution in [2.24, 2.45) is 5.92 Å². The quantitative estimate of drug-likeness (QED) is 0.474. The number of nitrogens with zero attached hydrogens (tertiary/aromatic N) is 1. The van der Waals surface area contributed by atoms with Crippen LogP contribution in [0, 0.1) is 16.0 Å². The SMILES string of the molecule is CC(CCl)COc1cc(Br)cc([N+](=O)[O-])c1. The largest absolute Gasteiger partial charge is 0.493 e. The molecule has 0 fully saturated rings. The molecule has 0 saturated heterocycles. The molecule has 1 unspecified atom stereocenters. The van der Waals surface area contributed by atoms with E-state index in [0.717, 1.165) is 0 Å². The molecule has 6 heteroatoms. The molecule has 1 atom stereocenters. The lowest BCUT2D eigenvalue weighted by atomic mass is 10.2. The molecule has 4 nitrogen and oxygen atoms in total. The molecular weight excluding hydrogens is 297 g/mol. The van der Waals surface area contributed by atoms with Gasteiger partial charge < -0.3 is 4.74 Å². The third kappa shape index (κ3) is 3.98. The second-order valence-corrected chi connectivity index (χ2v) is 4.70. The molecule has 0 radical (unpaired) electrons. The van der Waals surface area contributed by atoms with Gasteiger partial charge in [-0.3, -0.25) is 10.1 Å². The Labute approximate surface area is 107 Å². The minimum atomic E-state index is -0.456. The molecule has 0 bridgehead atoms. The number of non-ortho nitro benzene ring substituents is 1. The molecular formula is C10H11BrClNO3. The number of hydrogen-bond donors (Lipinski definition) is 0. The maximum Gasteiger partial charge on any atom is 0.274 e. The van der Waals surface area contributed by atoms with Crippen LogP contribution in [0.3, 0.4) is 0 Å². The first kappa shape index (κ1) is 13.3. The number of nitro benzene ring substituents is 1. The van der Waals surface area contributed by atoms with Crippen molar-refractivity contribution in [3.63, 3.8) is 0 Å². The normalized spacial score (nSPS) is 12.2.